The lowest BCUT2D eigenvalue weighted by Gasteiger charge is -2.47. The van der Waals surface area contributed by atoms with Crippen molar-refractivity contribution >= 4 is 40.1 Å². The van der Waals surface area contributed by atoms with Gasteiger partial charge in [-0.25, -0.2) is 4.79 Å². The van der Waals surface area contributed by atoms with Gasteiger partial charge in [-0.2, -0.15) is 0 Å². The highest BCUT2D eigenvalue weighted by molar-refractivity contribution is 6.74. The van der Waals surface area contributed by atoms with Crippen molar-refractivity contribution in [3.63, 3.8) is 0 Å². The molecular weight excluding hydrogens is 935 g/mol. The van der Waals surface area contributed by atoms with Crippen molar-refractivity contribution in [2.24, 2.45) is 29.6 Å². The van der Waals surface area contributed by atoms with E-state index >= 15 is 4.79 Å². The first-order valence-electron chi connectivity index (χ1n) is 27.6. The predicted molar refractivity (Wildman–Crippen MR) is 285 cm³/mol. The van der Waals surface area contributed by atoms with Gasteiger partial charge in [-0.3, -0.25) is 14.4 Å². The van der Waals surface area contributed by atoms with Crippen LogP contribution in [0.4, 0.5) is 0 Å². The molecule has 4 aliphatic rings. The molecule has 3 aliphatic heterocycles. The third kappa shape index (κ3) is 15.0. The second-order valence-corrected chi connectivity index (χ2v) is 31.4. The van der Waals surface area contributed by atoms with E-state index in [0.717, 1.165) is 66.7 Å². The molecule has 1 saturated carbocycles. The molecule has 1 aliphatic carbocycles. The number of carbonyl (C=O) groups is 4. The summed E-state index contributed by atoms with van der Waals surface area (Å²) in [7, 11) is 0.619. The van der Waals surface area contributed by atoms with Crippen LogP contribution in [0, 0.1) is 29.6 Å². The van der Waals surface area contributed by atoms with Crippen molar-refractivity contribution in [3.05, 3.63) is 36.0 Å². The summed E-state index contributed by atoms with van der Waals surface area (Å²) in [5.41, 5.74) is 1.87. The average Bonchev–Trinajstić information content (AvgIpc) is 3.37. The Morgan fingerprint density at radius 1 is 0.789 bits per heavy atom. The second-order valence-electron chi connectivity index (χ2n) is 21.9. The van der Waals surface area contributed by atoms with Gasteiger partial charge in [-0.15, -0.1) is 6.58 Å². The van der Waals surface area contributed by atoms with Crippen LogP contribution < -0.4 is 0 Å². The van der Waals surface area contributed by atoms with Gasteiger partial charge in [0.05, 0.1) is 30.5 Å². The number of piperidine rings is 1. The van der Waals surface area contributed by atoms with Crippen LogP contribution in [0.2, 0.25) is 36.3 Å². The molecule has 2 bridgehead atoms. The van der Waals surface area contributed by atoms with Gasteiger partial charge in [0.15, 0.2) is 16.6 Å². The number of hydrogen-bond acceptors (Lipinski definition) is 12. The lowest BCUT2D eigenvalue weighted by Crippen LogP contribution is -2.64. The SMILES string of the molecule is C=CC[C@@H]1/C=C(\C)C[C@H](C)C[C@H](OC)[C@H]2O[C@@](O)(C(=O)C(=O)N3CCCC[C@H]3C(=O)O[C@H](/C(C)=C/[C@@H]3CC[C@@H](O[Si](CC)(CC)CC)[C@H](OC)C3)[C@@H](C)C(O[Si](CC)(CC)CC)CC1=O)[C@H](C)C[C@@H]2OC. The normalized spacial score (nSPS) is 35.8. The van der Waals surface area contributed by atoms with E-state index in [1.165, 1.54) is 4.90 Å². The standard InChI is InChI=1S/C56H97NO12Si2/c1-16-25-43-31-37(8)30-38(9)32-49(64-14)52-50(65-15)34-40(11)56(62,67-52)53(59)54(60)57-29-24-23-26-44(57)55(61)66-51(41(12)47(36-45(43)58)69-71(20-5,21-6)22-7)39(10)33-42-27-28-46(48(35-42)63-13)68-70(17-2,18-3)19-4/h16,31,33,38,40-44,46-52,62H,1,17-30,32,34-36H2,2-15H3/b37-31+,39-33+/t38-,40+,41-,42-,43+,44-,46+,47?,48+,49-,50-,51+,52+,56+/m0/s1. The lowest BCUT2D eigenvalue weighted by molar-refractivity contribution is -0.302. The van der Waals surface area contributed by atoms with Crippen LogP contribution >= 0.6 is 0 Å². The maximum absolute atomic E-state index is 15.0. The van der Waals surface area contributed by atoms with E-state index < -0.39 is 94.4 Å². The number of allylic oxidation sites excluding steroid dienone is 4. The highest BCUT2D eigenvalue weighted by atomic mass is 28.4. The summed E-state index contributed by atoms with van der Waals surface area (Å²) >= 11 is 0. The average molecular weight is 1030 g/mol. The molecule has 13 nitrogen and oxygen atoms in total. The van der Waals surface area contributed by atoms with Crippen molar-refractivity contribution < 1.29 is 56.8 Å². The first kappa shape index (κ1) is 61.2. The third-order valence-electron chi connectivity index (χ3n) is 17.5. The summed E-state index contributed by atoms with van der Waals surface area (Å²) in [5, 5.41) is 12.3. The van der Waals surface area contributed by atoms with Crippen LogP contribution in [0.15, 0.2) is 36.0 Å². The molecule has 3 fully saturated rings. The van der Waals surface area contributed by atoms with E-state index in [2.05, 4.69) is 67.2 Å². The quantitative estimate of drug-likeness (QED) is 0.0638. The molecule has 0 aromatic heterocycles. The molecule has 14 atom stereocenters. The first-order chi connectivity index (χ1) is 33.7. The van der Waals surface area contributed by atoms with Gasteiger partial charge in [0.1, 0.15) is 24.0 Å². The maximum Gasteiger partial charge on any atom is 0.329 e. The Morgan fingerprint density at radius 3 is 1.93 bits per heavy atom. The summed E-state index contributed by atoms with van der Waals surface area (Å²) in [4.78, 5) is 60.5. The second kappa shape index (κ2) is 28.0. The topological polar surface area (TPSA) is 156 Å². The summed E-state index contributed by atoms with van der Waals surface area (Å²) in [6, 6.07) is 4.67. The number of ketones is 2. The number of ether oxygens (including phenoxy) is 5. The van der Waals surface area contributed by atoms with Gasteiger partial charge in [0, 0.05) is 52.0 Å². The minimum Gasteiger partial charge on any atom is -0.456 e. The lowest BCUT2D eigenvalue weighted by atomic mass is 9.81. The van der Waals surface area contributed by atoms with Crippen LogP contribution in [0.25, 0.3) is 0 Å². The highest BCUT2D eigenvalue weighted by Gasteiger charge is 2.57. The molecule has 1 amide bonds. The number of nitrogens with zero attached hydrogens (tertiary/aromatic N) is 1. The van der Waals surface area contributed by atoms with E-state index in [4.69, 9.17) is 32.5 Å². The summed E-state index contributed by atoms with van der Waals surface area (Å²) < 4.78 is 45.7. The zero-order valence-electron chi connectivity index (χ0n) is 46.6. The molecule has 71 heavy (non-hydrogen) atoms. The monoisotopic (exact) mass is 1030 g/mol. The number of amides is 1. The van der Waals surface area contributed by atoms with E-state index in [-0.39, 0.29) is 55.6 Å². The molecule has 406 valence electrons. The predicted octanol–water partition coefficient (Wildman–Crippen LogP) is 10.7. The Kier molecular flexibility index (Phi) is 24.1. The number of hydrogen-bond donors (Lipinski definition) is 1. The number of cyclic esters (lactones) is 1. The molecule has 15 heteroatoms. The molecule has 1 N–H and O–H groups in total. The molecule has 4 rings (SSSR count). The highest BCUT2D eigenvalue weighted by Crippen LogP contribution is 2.41. The maximum atomic E-state index is 15.0. The molecule has 0 aromatic carbocycles. The molecule has 0 aromatic rings. The Labute approximate surface area is 431 Å². The largest absolute Gasteiger partial charge is 0.456 e. The Morgan fingerprint density at radius 2 is 1.37 bits per heavy atom. The van der Waals surface area contributed by atoms with E-state index in [1.807, 2.05) is 20.8 Å². The summed E-state index contributed by atoms with van der Waals surface area (Å²) in [6.07, 6.45) is 8.39. The summed E-state index contributed by atoms with van der Waals surface area (Å²) in [5.74, 6) is -6.83. The number of rotatable bonds is 17. The number of aliphatic hydroxyl groups is 1. The Balaban J connectivity index is 1.89. The van der Waals surface area contributed by atoms with E-state index in [9.17, 15) is 19.5 Å². The summed E-state index contributed by atoms with van der Waals surface area (Å²) in [6.45, 7) is 27.3. The molecule has 3 heterocycles. The van der Waals surface area contributed by atoms with Crippen LogP contribution in [-0.4, -0.2) is 133 Å². The van der Waals surface area contributed by atoms with Gasteiger partial charge in [0.25, 0.3) is 11.7 Å². The van der Waals surface area contributed by atoms with Crippen molar-refractivity contribution in [1.82, 2.24) is 4.90 Å². The van der Waals surface area contributed by atoms with Crippen LogP contribution in [0.5, 0.6) is 0 Å². The van der Waals surface area contributed by atoms with Gasteiger partial charge in [0.2, 0.25) is 5.79 Å². The third-order valence-corrected chi connectivity index (χ3v) is 26.8. The van der Waals surface area contributed by atoms with E-state index in [0.29, 0.717) is 32.1 Å². The fourth-order valence-electron chi connectivity index (χ4n) is 12.3. The van der Waals surface area contributed by atoms with Crippen molar-refractivity contribution in [2.45, 2.75) is 238 Å². The van der Waals surface area contributed by atoms with Crippen molar-refractivity contribution in [3.8, 4) is 0 Å². The fraction of sp³-hybridized carbons (Fsp3) is 0.821. The first-order valence-corrected chi connectivity index (χ1v) is 32.7. The van der Waals surface area contributed by atoms with Crippen molar-refractivity contribution in [1.29, 1.82) is 0 Å². The Hall–Kier alpha value is -2.35. The minimum absolute atomic E-state index is 0.0112. The van der Waals surface area contributed by atoms with Crippen LogP contribution in [0.1, 0.15) is 147 Å². The number of Topliss-reactive ketones (excluding diaryl/α,β-unsaturated/α-hetero) is 2. The molecule has 2 saturated heterocycles. The van der Waals surface area contributed by atoms with Gasteiger partial charge < -0.3 is 42.5 Å². The number of fused-ring (bicyclic) bond motifs is 3. The zero-order chi connectivity index (χ0) is 52.8. The Bertz CT molecular complexity index is 1800. The minimum atomic E-state index is -2.50. The molecule has 0 radical (unpaired) electrons. The number of methoxy groups -OCH3 is 3. The van der Waals surface area contributed by atoms with Gasteiger partial charge >= 0.3 is 5.97 Å². The van der Waals surface area contributed by atoms with Gasteiger partial charge in [-0.1, -0.05) is 86.1 Å². The van der Waals surface area contributed by atoms with Crippen molar-refractivity contribution in [2.75, 3.05) is 27.9 Å². The molecular formula is C56H97NO12Si2. The zero-order valence-corrected chi connectivity index (χ0v) is 48.6. The fourth-order valence-corrected chi connectivity index (χ4v) is 18.2. The van der Waals surface area contributed by atoms with Crippen LogP contribution in [0.3, 0.4) is 0 Å². The molecule has 0 spiro atoms. The number of esters is 1. The number of carbonyl (C=O) groups excluding carboxylic acids is 4. The van der Waals surface area contributed by atoms with Gasteiger partial charge in [-0.05, 0) is 132 Å². The van der Waals surface area contributed by atoms with E-state index in [1.54, 1.807) is 34.3 Å². The molecule has 1 unspecified atom stereocenters. The smallest absolute Gasteiger partial charge is 0.329 e. The van der Waals surface area contributed by atoms with Crippen LogP contribution in [-0.2, 0) is 51.7 Å².